The number of urea groups is 1. The van der Waals surface area contributed by atoms with E-state index in [9.17, 15) is 14.8 Å². The van der Waals surface area contributed by atoms with Crippen molar-refractivity contribution in [1.29, 1.82) is 0 Å². The molecule has 30 heavy (non-hydrogen) atoms. The van der Waals surface area contributed by atoms with Crippen molar-refractivity contribution < 1.29 is 14.8 Å². The fraction of sp³-hybridized carbons (Fsp3) is 0.429. The maximum absolute atomic E-state index is 12.7. The van der Waals surface area contributed by atoms with Gasteiger partial charge in [-0.05, 0) is 30.7 Å². The molecule has 9 nitrogen and oxygen atoms in total. The number of rotatable bonds is 8. The smallest absolute Gasteiger partial charge is 0.349 e. The average molecular weight is 410 g/mol. The molecule has 4 rings (SSSR count). The zero-order valence-electron chi connectivity index (χ0n) is 17.0. The van der Waals surface area contributed by atoms with Crippen LogP contribution < -0.4 is 15.1 Å². The van der Waals surface area contributed by atoms with E-state index >= 15 is 0 Å². The van der Waals surface area contributed by atoms with Crippen LogP contribution in [0.2, 0.25) is 0 Å². The summed E-state index contributed by atoms with van der Waals surface area (Å²) < 4.78 is 0. The molecule has 2 aromatic rings. The first kappa shape index (κ1) is 20.1. The molecule has 0 atom stereocenters. The largest absolute Gasteiger partial charge is 0.350 e. The van der Waals surface area contributed by atoms with Gasteiger partial charge in [0.05, 0.1) is 6.54 Å². The Labute approximate surface area is 175 Å². The molecule has 0 radical (unpaired) electrons. The highest BCUT2D eigenvalue weighted by molar-refractivity contribution is 5.96. The van der Waals surface area contributed by atoms with Gasteiger partial charge in [0.25, 0.3) is 5.91 Å². The molecule has 9 heteroatoms. The molecule has 2 heterocycles. The van der Waals surface area contributed by atoms with Crippen LogP contribution in [0.3, 0.4) is 0 Å². The standard InChI is InChI=1S/C21H26N6O3/c1-25(10-9-15-5-3-2-4-6-15)20-23-17(19(28)22-14-16-7-8-16)13-18(24-20)26-11-12-27(30)21(26)29/h2-6,13,16,30H,7-12,14H2,1H3,(H,22,28). The Bertz CT molecular complexity index is 918. The number of hydrogen-bond acceptors (Lipinski definition) is 6. The van der Waals surface area contributed by atoms with Crippen LogP contribution in [0, 0.1) is 5.92 Å². The van der Waals surface area contributed by atoms with Gasteiger partial charge in [-0.3, -0.25) is 14.9 Å². The van der Waals surface area contributed by atoms with Gasteiger partial charge in [-0.25, -0.2) is 14.8 Å². The van der Waals surface area contributed by atoms with E-state index in [4.69, 9.17) is 0 Å². The highest BCUT2D eigenvalue weighted by Gasteiger charge is 2.31. The van der Waals surface area contributed by atoms with Gasteiger partial charge in [0.15, 0.2) is 0 Å². The second-order valence-corrected chi connectivity index (χ2v) is 7.78. The summed E-state index contributed by atoms with van der Waals surface area (Å²) in [4.78, 5) is 37.1. The summed E-state index contributed by atoms with van der Waals surface area (Å²) in [6.07, 6.45) is 3.07. The van der Waals surface area contributed by atoms with Gasteiger partial charge in [0.2, 0.25) is 5.95 Å². The fourth-order valence-corrected chi connectivity index (χ4v) is 3.28. The minimum Gasteiger partial charge on any atom is -0.350 e. The highest BCUT2D eigenvalue weighted by atomic mass is 16.5. The Kier molecular flexibility index (Phi) is 5.80. The van der Waals surface area contributed by atoms with Crippen molar-refractivity contribution in [2.24, 2.45) is 5.92 Å². The van der Waals surface area contributed by atoms with Crippen molar-refractivity contribution in [3.63, 3.8) is 0 Å². The second kappa shape index (κ2) is 8.66. The van der Waals surface area contributed by atoms with Crippen molar-refractivity contribution in [2.75, 3.05) is 43.0 Å². The van der Waals surface area contributed by atoms with Gasteiger partial charge < -0.3 is 10.2 Å². The Morgan fingerprint density at radius 3 is 2.67 bits per heavy atom. The first-order valence-electron chi connectivity index (χ1n) is 10.2. The van der Waals surface area contributed by atoms with Crippen molar-refractivity contribution in [2.45, 2.75) is 19.3 Å². The zero-order chi connectivity index (χ0) is 21.1. The van der Waals surface area contributed by atoms with Gasteiger partial charge in [-0.1, -0.05) is 30.3 Å². The van der Waals surface area contributed by atoms with Crippen LogP contribution in [0.25, 0.3) is 0 Å². The molecule has 2 fully saturated rings. The molecule has 1 aliphatic carbocycles. The summed E-state index contributed by atoms with van der Waals surface area (Å²) in [5.74, 6) is 0.941. The van der Waals surface area contributed by atoms with E-state index in [1.807, 2.05) is 30.1 Å². The van der Waals surface area contributed by atoms with E-state index in [0.29, 0.717) is 42.4 Å². The van der Waals surface area contributed by atoms with E-state index < -0.39 is 6.03 Å². The number of nitrogens with one attached hydrogen (secondary N) is 1. The summed E-state index contributed by atoms with van der Waals surface area (Å²) in [5, 5.41) is 13.2. The Balaban J connectivity index is 1.55. The molecule has 2 N–H and O–H groups in total. The third-order valence-electron chi connectivity index (χ3n) is 5.37. The Morgan fingerprint density at radius 1 is 1.23 bits per heavy atom. The van der Waals surface area contributed by atoms with Gasteiger partial charge in [-0.15, -0.1) is 0 Å². The predicted molar refractivity (Wildman–Crippen MR) is 112 cm³/mol. The van der Waals surface area contributed by atoms with E-state index in [1.165, 1.54) is 16.5 Å². The topological polar surface area (TPSA) is 102 Å². The number of aromatic nitrogens is 2. The monoisotopic (exact) mass is 410 g/mol. The number of nitrogens with zero attached hydrogens (tertiary/aromatic N) is 5. The summed E-state index contributed by atoms with van der Waals surface area (Å²) in [5.41, 5.74) is 1.40. The van der Waals surface area contributed by atoms with E-state index in [-0.39, 0.29) is 18.1 Å². The van der Waals surface area contributed by atoms with Crippen LogP contribution in [0.15, 0.2) is 36.4 Å². The number of hydroxylamine groups is 2. The SMILES string of the molecule is CN(CCc1ccccc1)c1nc(C(=O)NCC2CC2)cc(N2CCN(O)C2=O)n1. The minimum absolute atomic E-state index is 0.186. The molecule has 0 unspecified atom stereocenters. The second-order valence-electron chi connectivity index (χ2n) is 7.78. The molecule has 0 bridgehead atoms. The van der Waals surface area contributed by atoms with Gasteiger partial charge in [-0.2, -0.15) is 4.98 Å². The summed E-state index contributed by atoms with van der Waals surface area (Å²) in [7, 11) is 1.86. The lowest BCUT2D eigenvalue weighted by molar-refractivity contribution is -0.0231. The van der Waals surface area contributed by atoms with Crippen LogP contribution in [-0.2, 0) is 6.42 Å². The van der Waals surface area contributed by atoms with Gasteiger partial charge >= 0.3 is 6.03 Å². The summed E-state index contributed by atoms with van der Waals surface area (Å²) in [6, 6.07) is 11.0. The molecular weight excluding hydrogens is 384 g/mol. The molecule has 1 aliphatic heterocycles. The quantitative estimate of drug-likeness (QED) is 0.645. The van der Waals surface area contributed by atoms with Crippen molar-refractivity contribution in [3.8, 4) is 0 Å². The molecule has 1 aromatic heterocycles. The van der Waals surface area contributed by atoms with Crippen molar-refractivity contribution in [3.05, 3.63) is 47.7 Å². The lowest BCUT2D eigenvalue weighted by Crippen LogP contribution is -2.33. The number of hydrogen-bond donors (Lipinski definition) is 2. The minimum atomic E-state index is -0.559. The van der Waals surface area contributed by atoms with Crippen LogP contribution in [-0.4, -0.2) is 65.4 Å². The lowest BCUT2D eigenvalue weighted by Gasteiger charge is -2.21. The van der Waals surface area contributed by atoms with Crippen LogP contribution in [0.5, 0.6) is 0 Å². The van der Waals surface area contributed by atoms with Crippen LogP contribution in [0.4, 0.5) is 16.6 Å². The number of carbonyl (C=O) groups is 2. The van der Waals surface area contributed by atoms with Gasteiger partial charge in [0.1, 0.15) is 11.5 Å². The van der Waals surface area contributed by atoms with Crippen molar-refractivity contribution in [1.82, 2.24) is 20.3 Å². The molecule has 1 saturated carbocycles. The van der Waals surface area contributed by atoms with Crippen molar-refractivity contribution >= 4 is 23.7 Å². The maximum atomic E-state index is 12.7. The van der Waals surface area contributed by atoms with E-state index in [2.05, 4.69) is 27.4 Å². The third-order valence-corrected chi connectivity index (χ3v) is 5.37. The normalized spacial score (nSPS) is 16.1. The summed E-state index contributed by atoms with van der Waals surface area (Å²) >= 11 is 0. The molecule has 2 aliphatic rings. The molecular formula is C21H26N6O3. The molecule has 0 spiro atoms. The Hall–Kier alpha value is -3.20. The lowest BCUT2D eigenvalue weighted by atomic mass is 10.1. The van der Waals surface area contributed by atoms with Crippen LogP contribution >= 0.6 is 0 Å². The Morgan fingerprint density at radius 2 is 2.00 bits per heavy atom. The van der Waals surface area contributed by atoms with E-state index in [0.717, 1.165) is 19.3 Å². The molecule has 3 amide bonds. The molecule has 1 saturated heterocycles. The first-order valence-corrected chi connectivity index (χ1v) is 10.2. The maximum Gasteiger partial charge on any atom is 0.349 e. The number of amides is 3. The average Bonchev–Trinajstić information content (AvgIpc) is 3.54. The van der Waals surface area contributed by atoms with E-state index in [1.54, 1.807) is 0 Å². The summed E-state index contributed by atoms with van der Waals surface area (Å²) in [6.45, 7) is 1.76. The fourth-order valence-electron chi connectivity index (χ4n) is 3.28. The highest BCUT2D eigenvalue weighted by Crippen LogP contribution is 2.28. The van der Waals surface area contributed by atoms with Crippen LogP contribution in [0.1, 0.15) is 28.9 Å². The predicted octanol–water partition coefficient (Wildman–Crippen LogP) is 1.93. The third kappa shape index (κ3) is 4.68. The first-order chi connectivity index (χ1) is 14.5. The molecule has 1 aromatic carbocycles. The zero-order valence-corrected chi connectivity index (χ0v) is 17.0. The molecule has 158 valence electrons. The number of anilines is 2. The number of carbonyl (C=O) groups excluding carboxylic acids is 2. The van der Waals surface area contributed by atoms with Gasteiger partial charge in [0, 0.05) is 32.7 Å². The number of benzene rings is 1. The number of likely N-dealkylation sites (N-methyl/N-ethyl adjacent to an activating group) is 1.